The molecule has 7 rings (SSSR count). The van der Waals surface area contributed by atoms with Gasteiger partial charge in [0, 0.05) is 5.56 Å². The smallest absolute Gasteiger partial charge is 0.308 e. The predicted octanol–water partition coefficient (Wildman–Crippen LogP) is 6.32. The van der Waals surface area contributed by atoms with E-state index >= 15 is 0 Å². The van der Waals surface area contributed by atoms with E-state index < -0.39 is 60.8 Å². The van der Waals surface area contributed by atoms with Gasteiger partial charge in [-0.2, -0.15) is 0 Å². The van der Waals surface area contributed by atoms with Crippen LogP contribution in [0.15, 0.2) is 128 Å². The summed E-state index contributed by atoms with van der Waals surface area (Å²) in [6.45, 7) is 2.84. The SMILES string of the molecule is COC(=O)C1CC(O)C(OC2OC(C)C(OCc3ccccc3)C(OCc3ccccc3)C2OCc2ccccc2)[C@H](n2cc(-c3ccccc3)nn2)C1. The van der Waals surface area contributed by atoms with E-state index in [2.05, 4.69) is 10.3 Å². The van der Waals surface area contributed by atoms with Crippen LogP contribution >= 0.6 is 0 Å². The molecule has 11 nitrogen and oxygen atoms in total. The van der Waals surface area contributed by atoms with Gasteiger partial charge in [0.15, 0.2) is 6.29 Å². The number of ether oxygens (including phenoxy) is 6. The van der Waals surface area contributed by atoms with Crippen molar-refractivity contribution in [1.29, 1.82) is 0 Å². The molecule has 9 atom stereocenters. The topological polar surface area (TPSA) is 123 Å². The molecule has 54 heavy (non-hydrogen) atoms. The zero-order chi connectivity index (χ0) is 37.3. The Labute approximate surface area is 315 Å². The fourth-order valence-corrected chi connectivity index (χ4v) is 7.32. The Bertz CT molecular complexity index is 1880. The van der Waals surface area contributed by atoms with Crippen LogP contribution in [0, 0.1) is 5.92 Å². The molecule has 4 aromatic carbocycles. The molecule has 0 amide bonds. The van der Waals surface area contributed by atoms with Crippen molar-refractivity contribution in [2.24, 2.45) is 5.92 Å². The molecule has 0 bridgehead atoms. The second kappa shape index (κ2) is 18.1. The maximum Gasteiger partial charge on any atom is 0.308 e. The number of aliphatic hydroxyl groups is 1. The van der Waals surface area contributed by atoms with Crippen LogP contribution < -0.4 is 0 Å². The van der Waals surface area contributed by atoms with Crippen molar-refractivity contribution in [3.63, 3.8) is 0 Å². The average molecular weight is 734 g/mol. The predicted molar refractivity (Wildman–Crippen MR) is 200 cm³/mol. The number of carbonyl (C=O) groups is 1. The summed E-state index contributed by atoms with van der Waals surface area (Å²) in [5.41, 5.74) is 4.52. The van der Waals surface area contributed by atoms with Gasteiger partial charge in [0.2, 0.25) is 0 Å². The Balaban J connectivity index is 1.21. The van der Waals surface area contributed by atoms with E-state index in [4.69, 9.17) is 28.4 Å². The molecule has 2 heterocycles. The largest absolute Gasteiger partial charge is 0.469 e. The molecule has 11 heteroatoms. The fourth-order valence-electron chi connectivity index (χ4n) is 7.32. The third-order valence-corrected chi connectivity index (χ3v) is 10.1. The lowest BCUT2D eigenvalue weighted by Gasteiger charge is -2.47. The van der Waals surface area contributed by atoms with E-state index in [9.17, 15) is 9.90 Å². The number of aromatic nitrogens is 3. The normalized spacial score (nSPS) is 27.0. The highest BCUT2D eigenvalue weighted by Crippen LogP contribution is 2.39. The summed E-state index contributed by atoms with van der Waals surface area (Å²) in [5, 5.41) is 20.7. The van der Waals surface area contributed by atoms with Gasteiger partial charge in [0.05, 0.1) is 57.3 Å². The lowest BCUT2D eigenvalue weighted by atomic mass is 9.81. The Morgan fingerprint density at radius 2 is 1.24 bits per heavy atom. The molecule has 1 aliphatic heterocycles. The van der Waals surface area contributed by atoms with Crippen LogP contribution in [0.25, 0.3) is 11.3 Å². The van der Waals surface area contributed by atoms with Gasteiger partial charge in [-0.15, -0.1) is 5.10 Å². The van der Waals surface area contributed by atoms with Gasteiger partial charge in [-0.05, 0) is 36.5 Å². The summed E-state index contributed by atoms with van der Waals surface area (Å²) in [5.74, 6) is -0.978. The summed E-state index contributed by atoms with van der Waals surface area (Å²) in [7, 11) is 1.35. The molecular formula is C43H47N3O8. The summed E-state index contributed by atoms with van der Waals surface area (Å²) in [6, 6.07) is 38.9. The van der Waals surface area contributed by atoms with E-state index in [-0.39, 0.29) is 13.0 Å². The number of hydrogen-bond acceptors (Lipinski definition) is 10. The van der Waals surface area contributed by atoms with Gasteiger partial charge < -0.3 is 33.5 Å². The van der Waals surface area contributed by atoms with E-state index in [1.807, 2.05) is 134 Å². The van der Waals surface area contributed by atoms with Crippen molar-refractivity contribution >= 4 is 5.97 Å². The van der Waals surface area contributed by atoms with Crippen molar-refractivity contribution in [1.82, 2.24) is 15.0 Å². The van der Waals surface area contributed by atoms with Gasteiger partial charge in [-0.3, -0.25) is 4.79 Å². The first-order valence-corrected chi connectivity index (χ1v) is 18.5. The van der Waals surface area contributed by atoms with Crippen molar-refractivity contribution in [3.05, 3.63) is 144 Å². The molecular weight excluding hydrogens is 686 g/mol. The third-order valence-electron chi connectivity index (χ3n) is 10.1. The summed E-state index contributed by atoms with van der Waals surface area (Å²) in [4.78, 5) is 12.9. The monoisotopic (exact) mass is 733 g/mol. The van der Waals surface area contributed by atoms with Gasteiger partial charge in [0.25, 0.3) is 0 Å². The van der Waals surface area contributed by atoms with E-state index in [1.54, 1.807) is 4.68 Å². The van der Waals surface area contributed by atoms with Crippen LogP contribution in [-0.4, -0.2) is 76.1 Å². The van der Waals surface area contributed by atoms with E-state index in [1.165, 1.54) is 7.11 Å². The molecule has 1 aromatic heterocycles. The van der Waals surface area contributed by atoms with Gasteiger partial charge in [-0.1, -0.05) is 127 Å². The Hall–Kier alpha value is -4.75. The number of methoxy groups -OCH3 is 1. The summed E-state index contributed by atoms with van der Waals surface area (Å²) in [6.07, 6.45) is -3.09. The third kappa shape index (κ3) is 9.12. The van der Waals surface area contributed by atoms with Crippen molar-refractivity contribution in [2.75, 3.05) is 7.11 Å². The lowest BCUT2D eigenvalue weighted by molar-refractivity contribution is -0.338. The number of hydrogen-bond donors (Lipinski definition) is 1. The first-order valence-electron chi connectivity index (χ1n) is 18.5. The molecule has 1 N–H and O–H groups in total. The minimum absolute atomic E-state index is 0.142. The Kier molecular flexibility index (Phi) is 12.6. The fraction of sp³-hybridized carbons (Fsp3) is 0.372. The molecule has 8 unspecified atom stereocenters. The molecule has 1 saturated heterocycles. The van der Waals surface area contributed by atoms with Gasteiger partial charge in [0.1, 0.15) is 30.1 Å². The highest BCUT2D eigenvalue weighted by molar-refractivity contribution is 5.72. The minimum atomic E-state index is -1.07. The number of carbonyl (C=O) groups excluding carboxylic acids is 1. The number of aliphatic hydroxyl groups excluding tert-OH is 1. The Morgan fingerprint density at radius 3 is 1.80 bits per heavy atom. The number of rotatable bonds is 14. The quantitative estimate of drug-likeness (QED) is 0.130. The second-order valence-electron chi connectivity index (χ2n) is 13.9. The first-order chi connectivity index (χ1) is 26.5. The van der Waals surface area contributed by atoms with Crippen molar-refractivity contribution < 1.29 is 38.3 Å². The molecule has 0 radical (unpaired) electrons. The van der Waals surface area contributed by atoms with Gasteiger partial charge >= 0.3 is 5.97 Å². The van der Waals surface area contributed by atoms with Crippen LogP contribution in [0.5, 0.6) is 0 Å². The highest BCUT2D eigenvalue weighted by atomic mass is 16.7. The second-order valence-corrected chi connectivity index (χ2v) is 13.9. The average Bonchev–Trinajstić information content (AvgIpc) is 3.71. The minimum Gasteiger partial charge on any atom is -0.469 e. The summed E-state index contributed by atoms with van der Waals surface area (Å²) < 4.78 is 40.4. The highest BCUT2D eigenvalue weighted by Gasteiger charge is 2.51. The van der Waals surface area contributed by atoms with Crippen molar-refractivity contribution in [2.45, 2.75) is 88.5 Å². The van der Waals surface area contributed by atoms with Gasteiger partial charge in [-0.25, -0.2) is 4.68 Å². The molecule has 0 spiro atoms. The van der Waals surface area contributed by atoms with Crippen LogP contribution in [-0.2, 0) is 53.0 Å². The molecule has 5 aromatic rings. The zero-order valence-corrected chi connectivity index (χ0v) is 30.5. The Morgan fingerprint density at radius 1 is 0.722 bits per heavy atom. The molecule has 2 aliphatic rings. The van der Waals surface area contributed by atoms with Crippen LogP contribution in [0.4, 0.5) is 0 Å². The maximum atomic E-state index is 12.9. The number of nitrogens with zero attached hydrogens (tertiary/aromatic N) is 3. The lowest BCUT2D eigenvalue weighted by Crippen LogP contribution is -2.61. The molecule has 1 aliphatic carbocycles. The first kappa shape index (κ1) is 37.6. The molecule has 1 saturated carbocycles. The number of esters is 1. The van der Waals surface area contributed by atoms with Crippen LogP contribution in [0.2, 0.25) is 0 Å². The van der Waals surface area contributed by atoms with Crippen LogP contribution in [0.3, 0.4) is 0 Å². The molecule has 2 fully saturated rings. The standard InChI is InChI=1S/C43H47N3O8/c1-29-38(50-26-30-15-7-3-8-16-30)40(51-27-31-17-9-4-10-18-31)41(52-28-32-19-11-5-12-20-32)43(53-29)54-39-36(23-34(24-37(39)47)42(48)49-2)46-25-35(44-45-46)33-21-13-6-14-22-33/h3-22,25,29,34,36-41,43,47H,23-24,26-28H2,1-2H3/t29?,34?,36-,37?,38?,39?,40?,41?,43?/m1/s1. The van der Waals surface area contributed by atoms with Crippen molar-refractivity contribution in [3.8, 4) is 11.3 Å². The zero-order valence-electron chi connectivity index (χ0n) is 30.5. The van der Waals surface area contributed by atoms with E-state index in [0.717, 1.165) is 22.3 Å². The molecule has 282 valence electrons. The summed E-state index contributed by atoms with van der Waals surface area (Å²) >= 11 is 0. The van der Waals surface area contributed by atoms with E-state index in [0.29, 0.717) is 25.3 Å². The number of benzene rings is 4. The maximum absolute atomic E-state index is 12.9. The van der Waals surface area contributed by atoms with Crippen LogP contribution in [0.1, 0.15) is 42.5 Å².